The Labute approximate surface area is 83.0 Å². The Balaban J connectivity index is 3.09. The van der Waals surface area contributed by atoms with Gasteiger partial charge in [-0.3, -0.25) is 4.79 Å². The first-order valence-corrected chi connectivity index (χ1v) is 3.94. The monoisotopic (exact) mass is 218 g/mol. The van der Waals surface area contributed by atoms with Crippen LogP contribution in [0.3, 0.4) is 0 Å². The van der Waals surface area contributed by atoms with Crippen molar-refractivity contribution in [2.24, 2.45) is 0 Å². The molecule has 0 aliphatic heterocycles. The van der Waals surface area contributed by atoms with Gasteiger partial charge < -0.3 is 0 Å². The van der Waals surface area contributed by atoms with E-state index < -0.39 is 17.6 Å². The van der Waals surface area contributed by atoms with Crippen molar-refractivity contribution in [2.45, 2.75) is 6.18 Å². The molecule has 0 atom stereocenters. The summed E-state index contributed by atoms with van der Waals surface area (Å²) in [5.74, 6) is -1.35. The molecule has 0 unspecified atom stereocenters. The Morgan fingerprint density at radius 2 is 1.87 bits per heavy atom. The molecular formula is C10H6F4O. The van der Waals surface area contributed by atoms with Gasteiger partial charge in [-0.2, -0.15) is 13.2 Å². The van der Waals surface area contributed by atoms with Gasteiger partial charge in [-0.15, -0.1) is 0 Å². The number of carbonyl (C=O) groups is 1. The fourth-order valence-electron chi connectivity index (χ4n) is 1.02. The molecule has 80 valence electrons. The zero-order chi connectivity index (χ0) is 11.5. The molecule has 5 heteroatoms. The fraction of sp³-hybridized carbons (Fsp3) is 0.100. The summed E-state index contributed by atoms with van der Waals surface area (Å²) < 4.78 is 49.3. The molecule has 0 bridgehead atoms. The van der Waals surface area contributed by atoms with Crippen molar-refractivity contribution >= 4 is 12.4 Å². The summed E-state index contributed by atoms with van der Waals surface area (Å²) in [4.78, 5) is 9.93. The van der Waals surface area contributed by atoms with E-state index in [-0.39, 0.29) is 5.56 Å². The molecule has 0 aliphatic carbocycles. The largest absolute Gasteiger partial charge is 0.419 e. The summed E-state index contributed by atoms with van der Waals surface area (Å²) in [5.41, 5.74) is -1.11. The molecule has 0 N–H and O–H groups in total. The Hall–Kier alpha value is -1.65. The molecule has 1 aromatic rings. The van der Waals surface area contributed by atoms with Crippen LogP contribution in [0.4, 0.5) is 17.6 Å². The molecule has 0 saturated carbocycles. The van der Waals surface area contributed by atoms with E-state index in [0.29, 0.717) is 12.4 Å². The molecule has 1 nitrogen and oxygen atoms in total. The molecule has 0 saturated heterocycles. The minimum atomic E-state index is -4.70. The van der Waals surface area contributed by atoms with E-state index in [1.54, 1.807) is 0 Å². The molecule has 0 amide bonds. The van der Waals surface area contributed by atoms with Gasteiger partial charge in [0.25, 0.3) is 0 Å². The van der Waals surface area contributed by atoms with Gasteiger partial charge in [0.15, 0.2) is 0 Å². The normalized spacial score (nSPS) is 12.0. The van der Waals surface area contributed by atoms with Gasteiger partial charge in [-0.05, 0) is 23.8 Å². The number of aldehydes is 1. The molecule has 0 aliphatic rings. The second kappa shape index (κ2) is 4.25. The highest BCUT2D eigenvalue weighted by molar-refractivity contribution is 5.73. The van der Waals surface area contributed by atoms with Crippen LogP contribution in [-0.4, -0.2) is 6.29 Å². The standard InChI is InChI=1S/C10H6F4O/c11-9-6-7(2-1-5-15)3-4-8(9)10(12,13)14/h1-6H. The molecule has 0 fully saturated rings. The van der Waals surface area contributed by atoms with Crippen LogP contribution >= 0.6 is 0 Å². The molecule has 0 heterocycles. The van der Waals surface area contributed by atoms with Crippen LogP contribution in [0.2, 0.25) is 0 Å². The van der Waals surface area contributed by atoms with Gasteiger partial charge in [-0.25, -0.2) is 4.39 Å². The van der Waals surface area contributed by atoms with E-state index >= 15 is 0 Å². The maximum absolute atomic E-state index is 12.9. The number of hydrogen-bond donors (Lipinski definition) is 0. The number of rotatable bonds is 2. The number of alkyl halides is 3. The number of halogens is 4. The van der Waals surface area contributed by atoms with E-state index in [0.717, 1.165) is 18.2 Å². The lowest BCUT2D eigenvalue weighted by atomic mass is 10.1. The molecular weight excluding hydrogens is 212 g/mol. The maximum atomic E-state index is 12.9. The predicted octanol–water partition coefficient (Wildman–Crippen LogP) is 3.06. The highest BCUT2D eigenvalue weighted by atomic mass is 19.4. The maximum Gasteiger partial charge on any atom is 0.419 e. The van der Waals surface area contributed by atoms with Crippen LogP contribution in [-0.2, 0) is 11.0 Å². The smallest absolute Gasteiger partial charge is 0.299 e. The Kier molecular flexibility index (Phi) is 3.24. The second-order valence-electron chi connectivity index (χ2n) is 2.73. The van der Waals surface area contributed by atoms with Crippen LogP contribution in [0.1, 0.15) is 11.1 Å². The number of allylic oxidation sites excluding steroid dienone is 1. The van der Waals surface area contributed by atoms with E-state index in [1.807, 2.05) is 0 Å². The molecule has 0 aromatic heterocycles. The summed E-state index contributed by atoms with van der Waals surface area (Å²) in [6, 6.07) is 2.45. The molecule has 15 heavy (non-hydrogen) atoms. The van der Waals surface area contributed by atoms with Gasteiger partial charge in [0, 0.05) is 0 Å². The first-order valence-electron chi connectivity index (χ1n) is 3.94. The topological polar surface area (TPSA) is 17.1 Å². The zero-order valence-electron chi connectivity index (χ0n) is 7.38. The van der Waals surface area contributed by atoms with Gasteiger partial charge in [-0.1, -0.05) is 12.1 Å². The van der Waals surface area contributed by atoms with Crippen molar-refractivity contribution in [1.82, 2.24) is 0 Å². The van der Waals surface area contributed by atoms with Gasteiger partial charge in [0.1, 0.15) is 12.1 Å². The molecule has 0 radical (unpaired) electrons. The summed E-state index contributed by atoms with van der Waals surface area (Å²) in [7, 11) is 0. The van der Waals surface area contributed by atoms with Crippen LogP contribution in [0, 0.1) is 5.82 Å². The lowest BCUT2D eigenvalue weighted by molar-refractivity contribution is -0.140. The SMILES string of the molecule is O=CC=Cc1ccc(C(F)(F)F)c(F)c1. The average molecular weight is 218 g/mol. The van der Waals surface area contributed by atoms with Crippen molar-refractivity contribution in [1.29, 1.82) is 0 Å². The van der Waals surface area contributed by atoms with Crippen molar-refractivity contribution in [3.05, 3.63) is 41.2 Å². The van der Waals surface area contributed by atoms with Crippen LogP contribution in [0.5, 0.6) is 0 Å². The summed E-state index contributed by atoms with van der Waals surface area (Å²) in [5, 5.41) is 0. The average Bonchev–Trinajstić information content (AvgIpc) is 2.12. The quantitative estimate of drug-likeness (QED) is 0.423. The summed E-state index contributed by atoms with van der Waals surface area (Å²) in [6.45, 7) is 0. The van der Waals surface area contributed by atoms with Gasteiger partial charge in [0.2, 0.25) is 0 Å². The minimum Gasteiger partial charge on any atom is -0.299 e. The number of hydrogen-bond acceptors (Lipinski definition) is 1. The van der Waals surface area contributed by atoms with Crippen molar-refractivity contribution < 1.29 is 22.4 Å². The van der Waals surface area contributed by atoms with Gasteiger partial charge in [0.05, 0.1) is 5.56 Å². The number of benzene rings is 1. The van der Waals surface area contributed by atoms with Crippen molar-refractivity contribution in [3.8, 4) is 0 Å². The van der Waals surface area contributed by atoms with E-state index in [9.17, 15) is 22.4 Å². The zero-order valence-corrected chi connectivity index (χ0v) is 7.38. The lowest BCUT2D eigenvalue weighted by Gasteiger charge is -2.07. The highest BCUT2D eigenvalue weighted by Crippen LogP contribution is 2.31. The third-order valence-electron chi connectivity index (χ3n) is 1.67. The first-order chi connectivity index (χ1) is 6.95. The third-order valence-corrected chi connectivity index (χ3v) is 1.67. The first kappa shape index (κ1) is 11.4. The van der Waals surface area contributed by atoms with Crippen molar-refractivity contribution in [3.63, 3.8) is 0 Å². The Morgan fingerprint density at radius 1 is 1.20 bits per heavy atom. The predicted molar refractivity (Wildman–Crippen MR) is 46.5 cm³/mol. The Morgan fingerprint density at radius 3 is 2.33 bits per heavy atom. The van der Waals surface area contributed by atoms with Gasteiger partial charge >= 0.3 is 6.18 Å². The fourth-order valence-corrected chi connectivity index (χ4v) is 1.02. The van der Waals surface area contributed by atoms with Crippen LogP contribution < -0.4 is 0 Å². The molecule has 1 rings (SSSR count). The van der Waals surface area contributed by atoms with E-state index in [2.05, 4.69) is 0 Å². The minimum absolute atomic E-state index is 0.201. The van der Waals surface area contributed by atoms with E-state index in [1.165, 1.54) is 6.08 Å². The molecule has 0 spiro atoms. The van der Waals surface area contributed by atoms with Crippen LogP contribution in [0.15, 0.2) is 24.3 Å². The third kappa shape index (κ3) is 2.90. The Bertz CT molecular complexity index is 393. The highest BCUT2D eigenvalue weighted by Gasteiger charge is 2.33. The summed E-state index contributed by atoms with van der Waals surface area (Å²) >= 11 is 0. The second-order valence-corrected chi connectivity index (χ2v) is 2.73. The van der Waals surface area contributed by atoms with Crippen molar-refractivity contribution in [2.75, 3.05) is 0 Å². The van der Waals surface area contributed by atoms with E-state index in [4.69, 9.17) is 0 Å². The summed E-state index contributed by atoms with van der Waals surface area (Å²) in [6.07, 6.45) is -1.95. The molecule has 1 aromatic carbocycles. The lowest BCUT2D eigenvalue weighted by Crippen LogP contribution is -2.07. The van der Waals surface area contributed by atoms with Crippen LogP contribution in [0.25, 0.3) is 6.08 Å². The number of carbonyl (C=O) groups excluding carboxylic acids is 1.